The number of ketones is 3. The van der Waals surface area contributed by atoms with E-state index >= 15 is 0 Å². The predicted octanol–water partition coefficient (Wildman–Crippen LogP) is 25.2. The molecule has 16 bridgehead atoms. The van der Waals surface area contributed by atoms with Crippen LogP contribution >= 0.6 is 0 Å². The van der Waals surface area contributed by atoms with Crippen LogP contribution in [0.15, 0.2) is 122 Å². The summed E-state index contributed by atoms with van der Waals surface area (Å²) in [6, 6.07) is 43.8. The molecule has 21 atom stereocenters. The minimum atomic E-state index is -1.04. The molecule has 10 saturated heterocycles. The molecule has 9 aliphatic carbocycles. The number of hydrogen-bond acceptors (Lipinski definition) is 15. The molecule has 10 heterocycles. The van der Waals surface area contributed by atoms with E-state index in [4.69, 9.17) is 9.84 Å². The van der Waals surface area contributed by atoms with Crippen molar-refractivity contribution < 1.29 is 58.4 Å². The van der Waals surface area contributed by atoms with E-state index in [9.17, 15) is 48.6 Å². The lowest BCUT2D eigenvalue weighted by molar-refractivity contribution is -0.139. The largest absolute Gasteiger partial charge is 0.512 e. The van der Waals surface area contributed by atoms with Crippen LogP contribution in [-0.4, -0.2) is 227 Å². The lowest BCUT2D eigenvalue weighted by atomic mass is 9.68. The standard InChI is InChI=1S/C32H45N3O5.C32H47N3O3.C30H43N3O2.C30H44N2O2/c1-21(36)30-12-5-13-33(30)32(39)35(26-10-4-11-29(19-26)40-20-31(37)38)28-17-24-8-3-9-25(18-28)34(24)27-15-22-6-2-7-23(14-22)16-27;1-21(36)28-12-2-4-14-30(28)35(31-15-5-3-13-29(31)33-32(37)38)27-19-24-10-7-11-25(20-27)34(24)26-17-22-8-6-9-23(16-22)18-26;1-21(34)24-13-14-31(20-24)30(35)33(25-9-3-2-4-10-25)29-18-26-11-6-12-27(19-29)32(26)28-16-22-7-5-8-23(15-22)17-28;1-20(2)29(21(3)33)30(34)32(24-11-5-4-6-12-24)28-18-25-13-8-14-26(19-28)31(25)27-16-22-9-7-10-23(15-22)17-27/h4,10-11,19,22-25,27-28,30H,2-3,5-9,12-18,20H2,1H3,(H,37,38);3,5,13,15,22-28,30,33H,2,4,6-12,14,16-20H2,1H3,(H,37,38);2-4,9-10,22-24,26-29H,5-8,11-20H2,1H3;4-6,11-12,20,22-23,25-29,33H,3,7-10,13-19H2,1-2H3. The highest BCUT2D eigenvalue weighted by Gasteiger charge is 2.55. The van der Waals surface area contributed by atoms with E-state index in [1.165, 1.54) is 231 Å². The van der Waals surface area contributed by atoms with Gasteiger partial charge in [0, 0.05) is 157 Å². The number of anilines is 5. The highest BCUT2D eigenvalue weighted by atomic mass is 16.5. The second kappa shape index (κ2) is 47.9. The van der Waals surface area contributed by atoms with Crippen LogP contribution in [0.3, 0.4) is 0 Å². The van der Waals surface area contributed by atoms with Crippen molar-refractivity contribution in [1.82, 2.24) is 29.4 Å². The van der Waals surface area contributed by atoms with Crippen molar-refractivity contribution in [2.45, 2.75) is 471 Å². The summed E-state index contributed by atoms with van der Waals surface area (Å²) in [5.41, 5.74) is 4.33. The van der Waals surface area contributed by atoms with Crippen LogP contribution < -0.4 is 29.7 Å². The van der Waals surface area contributed by atoms with Crippen LogP contribution in [0.25, 0.3) is 0 Å². The molecule has 4 aromatic carbocycles. The number of carboxylic acid groups (broad SMARTS) is 2. The van der Waals surface area contributed by atoms with Gasteiger partial charge >= 0.3 is 24.1 Å². The van der Waals surface area contributed by atoms with Crippen molar-refractivity contribution in [2.24, 2.45) is 71.0 Å². The van der Waals surface area contributed by atoms with E-state index in [1.807, 2.05) is 83.1 Å². The smallest absolute Gasteiger partial charge is 0.409 e. The Morgan fingerprint density at radius 1 is 0.374 bits per heavy atom. The first-order valence-corrected chi connectivity index (χ1v) is 59.8. The lowest BCUT2D eigenvalue weighted by Gasteiger charge is -2.58. The molecule has 21 unspecified atom stereocenters. The molecule has 4 aromatic rings. The van der Waals surface area contributed by atoms with Crippen LogP contribution in [0.1, 0.15) is 362 Å². The minimum absolute atomic E-state index is 0.00329. The molecule has 147 heavy (non-hydrogen) atoms. The van der Waals surface area contributed by atoms with Crippen molar-refractivity contribution in [2.75, 3.05) is 51.2 Å². The van der Waals surface area contributed by atoms with Crippen LogP contribution in [0.4, 0.5) is 42.8 Å². The number of likely N-dealkylation sites (tertiary alicyclic amines) is 2. The molecule has 10 aliphatic heterocycles. The number of fused-ring (bicyclic) bond motifs is 16. The van der Waals surface area contributed by atoms with Gasteiger partial charge in [-0.05, 0) is 334 Å². The van der Waals surface area contributed by atoms with Crippen LogP contribution in [-0.2, 0) is 24.0 Å². The van der Waals surface area contributed by atoms with E-state index in [-0.39, 0.29) is 89.0 Å². The Bertz CT molecular complexity index is 5050. The zero-order valence-corrected chi connectivity index (χ0v) is 89.8. The summed E-state index contributed by atoms with van der Waals surface area (Å²) in [7, 11) is 0. The first-order valence-electron chi connectivity index (χ1n) is 59.8. The zero-order chi connectivity index (χ0) is 102. The Morgan fingerprint density at radius 2 is 0.762 bits per heavy atom. The number of aliphatic hydroxyl groups excluding tert-OH is 1. The number of benzene rings is 4. The van der Waals surface area contributed by atoms with Gasteiger partial charge in [-0.25, -0.2) is 19.2 Å². The molecule has 4 N–H and O–H groups in total. The monoisotopic (exact) mass is 2010 g/mol. The number of carboxylic acids is 1. The number of hydrogen-bond donors (Lipinski definition) is 4. The summed E-state index contributed by atoms with van der Waals surface area (Å²) >= 11 is 0. The summed E-state index contributed by atoms with van der Waals surface area (Å²) in [6.45, 7) is 14.2. The number of ether oxygens (including phenoxy) is 1. The van der Waals surface area contributed by atoms with Gasteiger partial charge in [-0.1, -0.05) is 191 Å². The number of nitrogens with one attached hydrogen (secondary N) is 1. The maximum Gasteiger partial charge on any atom is 0.409 e. The Morgan fingerprint density at radius 3 is 1.16 bits per heavy atom. The zero-order valence-electron chi connectivity index (χ0n) is 89.8. The Kier molecular flexibility index (Phi) is 34.4. The van der Waals surface area contributed by atoms with Gasteiger partial charge in [-0.3, -0.25) is 53.9 Å². The van der Waals surface area contributed by atoms with Gasteiger partial charge in [0.25, 0.3) is 0 Å². The summed E-state index contributed by atoms with van der Waals surface area (Å²) in [6.07, 6.45) is 63.3. The predicted molar refractivity (Wildman–Crippen MR) is 583 cm³/mol. The van der Waals surface area contributed by atoms with Crippen LogP contribution in [0, 0.1) is 71.0 Å². The number of rotatable bonds is 23. The van der Waals surface area contributed by atoms with Gasteiger partial charge in [-0.15, -0.1) is 0 Å². The molecular weight excluding hydrogens is 1840 g/mol. The van der Waals surface area contributed by atoms with E-state index in [0.29, 0.717) is 97.9 Å². The first kappa shape index (κ1) is 106. The number of carbonyl (C=O) groups is 8. The highest BCUT2D eigenvalue weighted by Crippen LogP contribution is 2.55. The fourth-order valence-electron chi connectivity index (χ4n) is 35.5. The highest BCUT2D eigenvalue weighted by molar-refractivity contribution is 5.99. The summed E-state index contributed by atoms with van der Waals surface area (Å²) in [5.74, 6) is 6.89. The maximum absolute atomic E-state index is 14.3. The van der Waals surface area contributed by atoms with Crippen LogP contribution in [0.5, 0.6) is 5.75 Å². The molecule has 0 aromatic heterocycles. The topological polar surface area (TPSA) is 251 Å². The number of nitrogens with zero attached hydrogens (tertiary/aromatic N) is 10. The van der Waals surface area contributed by atoms with E-state index in [1.54, 1.807) is 37.8 Å². The van der Waals surface area contributed by atoms with E-state index in [2.05, 4.69) is 83.8 Å². The van der Waals surface area contributed by atoms with Crippen molar-refractivity contribution in [3.05, 3.63) is 122 Å². The molecule has 23 heteroatoms. The van der Waals surface area contributed by atoms with E-state index < -0.39 is 24.6 Å². The number of para-hydroxylation sites is 4. The molecule has 0 spiro atoms. The summed E-state index contributed by atoms with van der Waals surface area (Å²) in [5, 5.41) is 31.8. The summed E-state index contributed by atoms with van der Waals surface area (Å²) < 4.78 is 5.50. The van der Waals surface area contributed by atoms with Crippen molar-refractivity contribution in [3.63, 3.8) is 0 Å². The average molecular weight is 2020 g/mol. The quantitative estimate of drug-likeness (QED) is 0.0504. The first-order chi connectivity index (χ1) is 71.3. The Labute approximate surface area is 878 Å². The maximum atomic E-state index is 14.3. The van der Waals surface area contributed by atoms with Crippen molar-refractivity contribution in [1.29, 1.82) is 0 Å². The normalized spacial score (nSPS) is 35.7. The van der Waals surface area contributed by atoms with Crippen molar-refractivity contribution in [3.8, 4) is 5.75 Å². The lowest BCUT2D eigenvalue weighted by Crippen LogP contribution is -2.63. The van der Waals surface area contributed by atoms with Gasteiger partial charge < -0.3 is 39.7 Å². The minimum Gasteiger partial charge on any atom is -0.512 e. The van der Waals surface area contributed by atoms with Gasteiger partial charge in [0.15, 0.2) is 12.4 Å². The van der Waals surface area contributed by atoms with Crippen LogP contribution in [0.2, 0.25) is 0 Å². The number of aliphatic hydroxyl groups is 1. The number of aliphatic carboxylic acids is 1. The third-order valence-corrected chi connectivity index (χ3v) is 41.1. The molecule has 23 rings (SSSR count). The fourth-order valence-corrected chi connectivity index (χ4v) is 35.5. The number of piperidine rings is 8. The van der Waals surface area contributed by atoms with Gasteiger partial charge in [0.1, 0.15) is 17.3 Å². The third kappa shape index (κ3) is 24.2. The Hall–Kier alpha value is -8.38. The number of amides is 6. The fraction of sp³-hybridized carbons (Fsp3) is 0.726. The third-order valence-electron chi connectivity index (χ3n) is 41.1. The van der Waals surface area contributed by atoms with Gasteiger partial charge in [-0.2, -0.15) is 0 Å². The molecule has 9 saturated carbocycles. The van der Waals surface area contributed by atoms with Gasteiger partial charge in [0.05, 0.1) is 29.1 Å². The van der Waals surface area contributed by atoms with Gasteiger partial charge in [0.2, 0.25) is 5.91 Å². The van der Waals surface area contributed by atoms with E-state index in [0.717, 1.165) is 178 Å². The molecule has 19 aliphatic rings. The molecular formula is C124H179N11O12. The second-order valence-corrected chi connectivity index (χ2v) is 50.8. The molecule has 0 radical (unpaired) electrons. The SMILES string of the molecule is C=C(O)C(C(=O)N(c1ccccc1)C1CC2CCCC(C1)N2C1CC2CCCC(C2)C1)C(C)C.CC(=O)C1CCCCC1N(c1ccccc1NC(=O)O)C1CC2CCCC(C1)N2C1CC2CCCC(C2)C1.CC(=O)C1CCCN1C(=O)N(c1cccc(OCC(=O)O)c1)C1CC2CCCC(C1)N2C1CC2CCCC(C2)C1.CC(=O)C1CCN(C(=O)N(c2ccccc2)C2CC3CCCC(C2)N3C2CC3CCCC(C3)C2)C1. The molecule has 19 fully saturated rings. The molecule has 802 valence electrons. The number of urea groups is 2. The average Bonchev–Trinajstić information content (AvgIpc) is 1.25. The number of Topliss-reactive ketones (excluding diaryl/α,β-unsaturated/α-hetero) is 3. The van der Waals surface area contributed by atoms with Crippen molar-refractivity contribution >= 4 is 75.8 Å². The summed E-state index contributed by atoms with van der Waals surface area (Å²) in [4.78, 5) is 127. The Balaban J connectivity index is 0.000000119. The molecule has 23 nitrogen and oxygen atoms in total. The molecule has 6 amide bonds. The second-order valence-electron chi connectivity index (χ2n) is 50.8. The number of carbonyl (C=O) groups excluding carboxylic acids is 6.